The van der Waals surface area contributed by atoms with Crippen LogP contribution in [0.5, 0.6) is 0 Å². The van der Waals surface area contributed by atoms with Crippen molar-refractivity contribution in [1.29, 1.82) is 0 Å². The van der Waals surface area contributed by atoms with Crippen molar-refractivity contribution in [2.24, 2.45) is 0 Å². The summed E-state index contributed by atoms with van der Waals surface area (Å²) in [6.07, 6.45) is 5.82. The Kier molecular flexibility index (Phi) is 4.34. The SMILES string of the molecule is CC(/C=C/c1ccc2[nH]cnc2c1)NC1CCn2c(=O)[nH]c3cccc(c32)C1O. The fourth-order valence-electron chi connectivity index (χ4n) is 4.22. The van der Waals surface area contributed by atoms with E-state index < -0.39 is 6.10 Å². The lowest BCUT2D eigenvalue weighted by atomic mass is 9.99. The Morgan fingerprint density at radius 2 is 2.21 bits per heavy atom. The highest BCUT2D eigenvalue weighted by Crippen LogP contribution is 2.29. The van der Waals surface area contributed by atoms with Crippen molar-refractivity contribution < 1.29 is 5.11 Å². The number of hydrogen-bond donors (Lipinski definition) is 4. The van der Waals surface area contributed by atoms with E-state index in [0.29, 0.717) is 13.0 Å². The second-order valence-electron chi connectivity index (χ2n) is 7.66. The molecule has 0 spiro atoms. The number of H-pyrrole nitrogens is 2. The molecule has 2 aromatic carbocycles. The number of imidazole rings is 2. The molecule has 3 atom stereocenters. The average molecular weight is 389 g/mol. The van der Waals surface area contributed by atoms with Gasteiger partial charge in [0.05, 0.1) is 34.5 Å². The van der Waals surface area contributed by atoms with E-state index in [0.717, 1.165) is 33.2 Å². The van der Waals surface area contributed by atoms with Crippen molar-refractivity contribution >= 4 is 28.1 Å². The van der Waals surface area contributed by atoms with Crippen LogP contribution < -0.4 is 11.0 Å². The summed E-state index contributed by atoms with van der Waals surface area (Å²) >= 11 is 0. The Bertz CT molecular complexity index is 1270. The summed E-state index contributed by atoms with van der Waals surface area (Å²) in [5.74, 6) is 0. The maximum atomic E-state index is 12.3. The highest BCUT2D eigenvalue weighted by atomic mass is 16.3. The molecule has 148 valence electrons. The van der Waals surface area contributed by atoms with Gasteiger partial charge in [0.2, 0.25) is 0 Å². The van der Waals surface area contributed by atoms with Gasteiger partial charge in [-0.15, -0.1) is 0 Å². The molecule has 1 aliphatic rings. The van der Waals surface area contributed by atoms with Gasteiger partial charge >= 0.3 is 5.69 Å². The van der Waals surface area contributed by atoms with Crippen molar-refractivity contribution in [1.82, 2.24) is 24.8 Å². The molecule has 5 rings (SSSR count). The maximum absolute atomic E-state index is 12.3. The van der Waals surface area contributed by atoms with E-state index in [9.17, 15) is 9.90 Å². The first kappa shape index (κ1) is 17.9. The number of rotatable bonds is 4. The van der Waals surface area contributed by atoms with E-state index in [2.05, 4.69) is 39.3 Å². The van der Waals surface area contributed by atoms with Gasteiger partial charge < -0.3 is 20.4 Å². The van der Waals surface area contributed by atoms with Crippen molar-refractivity contribution in [2.75, 3.05) is 0 Å². The summed E-state index contributed by atoms with van der Waals surface area (Å²) in [6, 6.07) is 11.7. The lowest BCUT2D eigenvalue weighted by Gasteiger charge is -2.25. The van der Waals surface area contributed by atoms with Gasteiger partial charge in [-0.2, -0.15) is 0 Å². The van der Waals surface area contributed by atoms with E-state index >= 15 is 0 Å². The van der Waals surface area contributed by atoms with Crippen molar-refractivity contribution in [3.05, 3.63) is 70.4 Å². The van der Waals surface area contributed by atoms with Crippen molar-refractivity contribution in [3.8, 4) is 0 Å². The molecule has 0 saturated carbocycles. The monoisotopic (exact) mass is 389 g/mol. The number of aliphatic hydroxyl groups excluding tert-OH is 1. The Labute approximate surface area is 167 Å². The molecule has 1 aliphatic heterocycles. The highest BCUT2D eigenvalue weighted by Gasteiger charge is 2.28. The van der Waals surface area contributed by atoms with E-state index in [-0.39, 0.29) is 17.8 Å². The maximum Gasteiger partial charge on any atom is 0.326 e. The summed E-state index contributed by atoms with van der Waals surface area (Å²) in [7, 11) is 0. The molecule has 0 fully saturated rings. The van der Waals surface area contributed by atoms with Crippen LogP contribution in [0.25, 0.3) is 28.1 Å². The van der Waals surface area contributed by atoms with Crippen LogP contribution in [0.4, 0.5) is 0 Å². The second-order valence-corrected chi connectivity index (χ2v) is 7.66. The van der Waals surface area contributed by atoms with E-state index in [1.165, 1.54) is 0 Å². The minimum atomic E-state index is -0.682. The van der Waals surface area contributed by atoms with Crippen molar-refractivity contribution in [3.63, 3.8) is 0 Å². The minimum absolute atomic E-state index is 0.0551. The summed E-state index contributed by atoms with van der Waals surface area (Å²) in [6.45, 7) is 2.63. The first-order chi connectivity index (χ1) is 14.1. The topological polar surface area (TPSA) is 98.7 Å². The van der Waals surface area contributed by atoms with Crippen LogP contribution in [0, 0.1) is 0 Å². The standard InChI is InChI=1S/C22H23N5O2/c1-13(5-6-14-7-8-16-19(11-14)24-12-23-16)25-18-9-10-27-20-15(21(18)28)3-2-4-17(20)26-22(27)29/h2-8,11-13,18,21,25,28H,9-10H2,1H3,(H,23,24)(H,26,29)/b6-5+. The molecule has 0 amide bonds. The van der Waals surface area contributed by atoms with E-state index in [1.54, 1.807) is 10.9 Å². The third kappa shape index (κ3) is 3.18. The number of aromatic nitrogens is 4. The second kappa shape index (κ2) is 7.02. The van der Waals surface area contributed by atoms with Crippen LogP contribution in [-0.4, -0.2) is 36.7 Å². The first-order valence-corrected chi connectivity index (χ1v) is 9.87. The number of aliphatic hydroxyl groups is 1. The molecule has 3 heterocycles. The van der Waals surface area contributed by atoms with Crippen LogP contribution in [-0.2, 0) is 6.54 Å². The summed E-state index contributed by atoms with van der Waals surface area (Å²) in [4.78, 5) is 22.5. The fourth-order valence-corrected chi connectivity index (χ4v) is 4.22. The normalized spacial score (nSPS) is 20.5. The third-order valence-electron chi connectivity index (χ3n) is 5.69. The van der Waals surface area contributed by atoms with Gasteiger partial charge in [0.25, 0.3) is 0 Å². The predicted molar refractivity (Wildman–Crippen MR) is 114 cm³/mol. The van der Waals surface area contributed by atoms with Gasteiger partial charge in [0.1, 0.15) is 0 Å². The molecule has 0 aliphatic carbocycles. The summed E-state index contributed by atoms with van der Waals surface area (Å²) < 4.78 is 1.73. The van der Waals surface area contributed by atoms with Gasteiger partial charge in [-0.3, -0.25) is 4.57 Å². The molecule has 0 radical (unpaired) electrons. The van der Waals surface area contributed by atoms with Crippen LogP contribution in [0.2, 0.25) is 0 Å². The molecule has 3 unspecified atom stereocenters. The smallest absolute Gasteiger partial charge is 0.326 e. The Balaban J connectivity index is 1.35. The molecular formula is C22H23N5O2. The van der Waals surface area contributed by atoms with Crippen LogP contribution in [0.1, 0.15) is 30.6 Å². The quantitative estimate of drug-likeness (QED) is 0.431. The van der Waals surface area contributed by atoms with E-state index in [1.807, 2.05) is 36.4 Å². The fraction of sp³-hybridized carbons (Fsp3) is 0.273. The number of fused-ring (bicyclic) bond motifs is 1. The molecule has 2 aromatic heterocycles. The lowest BCUT2D eigenvalue weighted by Crippen LogP contribution is -2.40. The number of aryl methyl sites for hydroxylation is 1. The number of aromatic amines is 2. The van der Waals surface area contributed by atoms with Gasteiger partial charge in [-0.25, -0.2) is 9.78 Å². The van der Waals surface area contributed by atoms with Crippen molar-refractivity contribution in [2.45, 2.75) is 38.1 Å². The van der Waals surface area contributed by atoms with Gasteiger partial charge in [-0.1, -0.05) is 30.4 Å². The number of para-hydroxylation sites is 1. The molecule has 29 heavy (non-hydrogen) atoms. The van der Waals surface area contributed by atoms with Gasteiger partial charge in [0.15, 0.2) is 0 Å². The van der Waals surface area contributed by atoms with Crippen LogP contribution >= 0.6 is 0 Å². The Morgan fingerprint density at radius 1 is 1.31 bits per heavy atom. The molecule has 4 aromatic rings. The number of nitrogens with zero attached hydrogens (tertiary/aromatic N) is 2. The Hall–Kier alpha value is -3.16. The number of nitrogens with one attached hydrogen (secondary N) is 3. The molecule has 0 bridgehead atoms. The highest BCUT2D eigenvalue weighted by molar-refractivity contribution is 5.80. The number of benzene rings is 2. The zero-order chi connectivity index (χ0) is 20.0. The lowest BCUT2D eigenvalue weighted by molar-refractivity contribution is 0.122. The minimum Gasteiger partial charge on any atom is -0.387 e. The molecule has 7 nitrogen and oxygen atoms in total. The molecule has 0 saturated heterocycles. The van der Waals surface area contributed by atoms with Gasteiger partial charge in [0, 0.05) is 24.2 Å². The number of hydrogen-bond acceptors (Lipinski definition) is 4. The predicted octanol–water partition coefficient (Wildman–Crippen LogP) is 2.70. The zero-order valence-corrected chi connectivity index (χ0v) is 16.1. The summed E-state index contributed by atoms with van der Waals surface area (Å²) in [5.41, 5.74) is 5.28. The molecular weight excluding hydrogens is 366 g/mol. The van der Waals surface area contributed by atoms with Gasteiger partial charge in [-0.05, 0) is 37.1 Å². The third-order valence-corrected chi connectivity index (χ3v) is 5.69. The average Bonchev–Trinajstić information content (AvgIpc) is 3.28. The molecule has 4 N–H and O–H groups in total. The molecule has 7 heteroatoms. The summed E-state index contributed by atoms with van der Waals surface area (Å²) in [5, 5.41) is 14.5. The largest absolute Gasteiger partial charge is 0.387 e. The Morgan fingerprint density at radius 3 is 3.10 bits per heavy atom. The first-order valence-electron chi connectivity index (χ1n) is 9.87. The van der Waals surface area contributed by atoms with Crippen LogP contribution in [0.15, 0.2) is 53.6 Å². The van der Waals surface area contributed by atoms with E-state index in [4.69, 9.17) is 0 Å². The van der Waals surface area contributed by atoms with Crippen LogP contribution in [0.3, 0.4) is 0 Å². The zero-order valence-electron chi connectivity index (χ0n) is 16.1.